The molecule has 0 N–H and O–H groups in total. The summed E-state index contributed by atoms with van der Waals surface area (Å²) < 4.78 is 4.58. The van der Waals surface area contributed by atoms with Gasteiger partial charge in [-0.3, -0.25) is 9.59 Å². The van der Waals surface area contributed by atoms with Gasteiger partial charge in [-0.2, -0.15) is 0 Å². The van der Waals surface area contributed by atoms with Gasteiger partial charge in [-0.1, -0.05) is 18.2 Å². The Labute approximate surface area is 131 Å². The molecule has 1 heterocycles. The molecule has 1 aliphatic heterocycles. The Morgan fingerprint density at radius 2 is 1.77 bits per heavy atom. The lowest BCUT2D eigenvalue weighted by molar-refractivity contribution is -0.140. The SMILES string of the molecule is COC(=O)CCCC(=O)N1CCN(c2ccccc2C)CC1. The van der Waals surface area contributed by atoms with Gasteiger partial charge in [0.1, 0.15) is 0 Å². The maximum absolute atomic E-state index is 12.1. The van der Waals surface area contributed by atoms with Crippen LogP contribution in [0.15, 0.2) is 24.3 Å². The molecule has 0 unspecified atom stereocenters. The number of anilines is 1. The highest BCUT2D eigenvalue weighted by molar-refractivity contribution is 5.77. The van der Waals surface area contributed by atoms with E-state index in [1.54, 1.807) is 0 Å². The van der Waals surface area contributed by atoms with Crippen LogP contribution in [-0.2, 0) is 14.3 Å². The van der Waals surface area contributed by atoms with Crippen molar-refractivity contribution in [2.75, 3.05) is 38.2 Å². The molecule has 1 aromatic rings. The zero-order valence-corrected chi connectivity index (χ0v) is 13.4. The molecule has 120 valence electrons. The summed E-state index contributed by atoms with van der Waals surface area (Å²) in [6.45, 7) is 5.30. The first kappa shape index (κ1) is 16.3. The molecule has 1 amide bonds. The van der Waals surface area contributed by atoms with Crippen LogP contribution in [0.3, 0.4) is 0 Å². The van der Waals surface area contributed by atoms with Gasteiger partial charge in [0, 0.05) is 44.7 Å². The summed E-state index contributed by atoms with van der Waals surface area (Å²) in [6.07, 6.45) is 1.29. The van der Waals surface area contributed by atoms with Crippen LogP contribution in [-0.4, -0.2) is 50.1 Å². The number of nitrogens with zero attached hydrogens (tertiary/aromatic N) is 2. The van der Waals surface area contributed by atoms with Crippen LogP contribution in [0.5, 0.6) is 0 Å². The minimum Gasteiger partial charge on any atom is -0.469 e. The molecular formula is C17H24N2O3. The predicted octanol–water partition coefficient (Wildman–Crippen LogP) is 1.99. The summed E-state index contributed by atoms with van der Waals surface area (Å²) in [7, 11) is 1.37. The molecule has 1 saturated heterocycles. The lowest BCUT2D eigenvalue weighted by Crippen LogP contribution is -2.49. The van der Waals surface area contributed by atoms with E-state index in [2.05, 4.69) is 28.7 Å². The number of carbonyl (C=O) groups excluding carboxylic acids is 2. The third-order valence-electron chi connectivity index (χ3n) is 4.09. The average Bonchev–Trinajstić information content (AvgIpc) is 2.55. The Morgan fingerprint density at radius 3 is 2.41 bits per heavy atom. The first-order chi connectivity index (χ1) is 10.6. The van der Waals surface area contributed by atoms with E-state index >= 15 is 0 Å². The van der Waals surface area contributed by atoms with E-state index in [4.69, 9.17) is 0 Å². The Hall–Kier alpha value is -2.04. The van der Waals surface area contributed by atoms with Gasteiger partial charge in [0.05, 0.1) is 7.11 Å². The second-order valence-corrected chi connectivity index (χ2v) is 5.58. The molecule has 0 aromatic heterocycles. The molecule has 0 bridgehead atoms. The number of piperazine rings is 1. The Kier molecular flexibility index (Phi) is 5.81. The third-order valence-corrected chi connectivity index (χ3v) is 4.09. The zero-order valence-electron chi connectivity index (χ0n) is 13.4. The fourth-order valence-corrected chi connectivity index (χ4v) is 2.76. The van der Waals surface area contributed by atoms with Gasteiger partial charge < -0.3 is 14.5 Å². The summed E-state index contributed by atoms with van der Waals surface area (Å²) in [5.41, 5.74) is 2.51. The number of amides is 1. The molecule has 0 saturated carbocycles. The molecule has 1 aliphatic rings. The minimum absolute atomic E-state index is 0.133. The van der Waals surface area contributed by atoms with Crippen LogP contribution >= 0.6 is 0 Å². The van der Waals surface area contributed by atoms with Gasteiger partial charge in [-0.05, 0) is 25.0 Å². The number of hydrogen-bond acceptors (Lipinski definition) is 4. The lowest BCUT2D eigenvalue weighted by Gasteiger charge is -2.36. The van der Waals surface area contributed by atoms with E-state index in [0.717, 1.165) is 26.2 Å². The minimum atomic E-state index is -0.253. The number of ether oxygens (including phenoxy) is 1. The molecule has 1 aromatic carbocycles. The van der Waals surface area contributed by atoms with Gasteiger partial charge in [0.2, 0.25) is 5.91 Å². The molecule has 22 heavy (non-hydrogen) atoms. The highest BCUT2D eigenvalue weighted by atomic mass is 16.5. The van der Waals surface area contributed by atoms with Gasteiger partial charge in [-0.25, -0.2) is 0 Å². The van der Waals surface area contributed by atoms with Crippen LogP contribution in [0.4, 0.5) is 5.69 Å². The second-order valence-electron chi connectivity index (χ2n) is 5.58. The fourth-order valence-electron chi connectivity index (χ4n) is 2.76. The van der Waals surface area contributed by atoms with Crippen molar-refractivity contribution in [3.05, 3.63) is 29.8 Å². The van der Waals surface area contributed by atoms with Gasteiger partial charge in [0.25, 0.3) is 0 Å². The van der Waals surface area contributed by atoms with Crippen molar-refractivity contribution >= 4 is 17.6 Å². The summed E-state index contributed by atoms with van der Waals surface area (Å²) in [5.74, 6) is -0.120. The van der Waals surface area contributed by atoms with Gasteiger partial charge in [-0.15, -0.1) is 0 Å². The fraction of sp³-hybridized carbons (Fsp3) is 0.529. The maximum Gasteiger partial charge on any atom is 0.305 e. The molecule has 2 rings (SSSR count). The number of esters is 1. The van der Waals surface area contributed by atoms with Crippen LogP contribution in [0.25, 0.3) is 0 Å². The second kappa shape index (κ2) is 7.82. The molecular weight excluding hydrogens is 280 g/mol. The number of para-hydroxylation sites is 1. The maximum atomic E-state index is 12.1. The van der Waals surface area contributed by atoms with Crippen molar-refractivity contribution in [3.8, 4) is 0 Å². The lowest BCUT2D eigenvalue weighted by atomic mass is 10.1. The zero-order chi connectivity index (χ0) is 15.9. The molecule has 1 fully saturated rings. The van der Waals surface area contributed by atoms with Crippen molar-refractivity contribution in [1.82, 2.24) is 4.90 Å². The molecule has 0 spiro atoms. The summed E-state index contributed by atoms with van der Waals surface area (Å²) in [4.78, 5) is 27.4. The van der Waals surface area contributed by atoms with Gasteiger partial charge in [0.15, 0.2) is 0 Å². The van der Waals surface area contributed by atoms with E-state index < -0.39 is 0 Å². The average molecular weight is 304 g/mol. The first-order valence-corrected chi connectivity index (χ1v) is 7.77. The van der Waals surface area contributed by atoms with Crippen LogP contribution < -0.4 is 4.90 Å². The van der Waals surface area contributed by atoms with Crippen molar-refractivity contribution in [2.45, 2.75) is 26.2 Å². The van der Waals surface area contributed by atoms with Gasteiger partial charge >= 0.3 is 5.97 Å². The van der Waals surface area contributed by atoms with E-state index in [9.17, 15) is 9.59 Å². The number of benzene rings is 1. The van der Waals surface area contributed by atoms with Crippen molar-refractivity contribution in [3.63, 3.8) is 0 Å². The number of rotatable bonds is 5. The molecule has 0 radical (unpaired) electrons. The van der Waals surface area contributed by atoms with Crippen molar-refractivity contribution < 1.29 is 14.3 Å². The summed E-state index contributed by atoms with van der Waals surface area (Å²) in [6, 6.07) is 8.33. The molecule has 5 heteroatoms. The smallest absolute Gasteiger partial charge is 0.305 e. The van der Waals surface area contributed by atoms with E-state index in [1.807, 2.05) is 17.0 Å². The Bertz CT molecular complexity index is 522. The quantitative estimate of drug-likeness (QED) is 0.781. The Balaban J connectivity index is 1.78. The van der Waals surface area contributed by atoms with Crippen LogP contribution in [0.1, 0.15) is 24.8 Å². The van der Waals surface area contributed by atoms with Crippen molar-refractivity contribution in [2.24, 2.45) is 0 Å². The molecule has 0 aliphatic carbocycles. The number of hydrogen-bond donors (Lipinski definition) is 0. The van der Waals surface area contributed by atoms with E-state index in [-0.39, 0.29) is 11.9 Å². The van der Waals surface area contributed by atoms with Crippen LogP contribution in [0, 0.1) is 6.92 Å². The molecule has 5 nitrogen and oxygen atoms in total. The van der Waals surface area contributed by atoms with E-state index in [0.29, 0.717) is 19.3 Å². The molecule has 0 atom stereocenters. The number of aryl methyl sites for hydroxylation is 1. The normalized spacial score (nSPS) is 14.8. The highest BCUT2D eigenvalue weighted by Gasteiger charge is 2.21. The van der Waals surface area contributed by atoms with E-state index in [1.165, 1.54) is 18.4 Å². The van der Waals surface area contributed by atoms with Crippen molar-refractivity contribution in [1.29, 1.82) is 0 Å². The summed E-state index contributed by atoms with van der Waals surface area (Å²) in [5, 5.41) is 0. The summed E-state index contributed by atoms with van der Waals surface area (Å²) >= 11 is 0. The third kappa shape index (κ3) is 4.23. The standard InChI is InChI=1S/C17H24N2O3/c1-14-6-3-4-7-15(14)18-10-12-19(13-11-18)16(20)8-5-9-17(21)22-2/h3-4,6-7H,5,8-13H2,1-2H3. The monoisotopic (exact) mass is 304 g/mol. The number of carbonyl (C=O) groups is 2. The number of methoxy groups -OCH3 is 1. The predicted molar refractivity (Wildman–Crippen MR) is 85.8 cm³/mol. The topological polar surface area (TPSA) is 49.9 Å². The highest BCUT2D eigenvalue weighted by Crippen LogP contribution is 2.21. The Morgan fingerprint density at radius 1 is 1.09 bits per heavy atom. The first-order valence-electron chi connectivity index (χ1n) is 7.77. The largest absolute Gasteiger partial charge is 0.469 e. The van der Waals surface area contributed by atoms with Crippen LogP contribution in [0.2, 0.25) is 0 Å².